The first-order chi connectivity index (χ1) is 11.7. The molecule has 1 aromatic heterocycles. The average Bonchev–Trinajstić information content (AvgIpc) is 2.51. The fraction of sp³-hybridized carbons (Fsp3) is 0.444. The summed E-state index contributed by atoms with van der Waals surface area (Å²) in [4.78, 5) is 7.68. The molecule has 0 fully saturated rings. The number of halogens is 4. The lowest BCUT2D eigenvalue weighted by molar-refractivity contribution is -0.139. The number of aromatic nitrogens is 2. The summed E-state index contributed by atoms with van der Waals surface area (Å²) in [6.45, 7) is 6.34. The number of rotatable bonds is 6. The zero-order valence-electron chi connectivity index (χ0n) is 14.3. The van der Waals surface area contributed by atoms with Crippen LogP contribution < -0.4 is 4.74 Å². The lowest BCUT2D eigenvalue weighted by atomic mass is 10.00. The number of alkyl halides is 3. The lowest BCUT2D eigenvalue weighted by Gasteiger charge is -2.18. The third-order valence-electron chi connectivity index (χ3n) is 3.60. The minimum absolute atomic E-state index is 0.0195. The van der Waals surface area contributed by atoms with E-state index in [9.17, 15) is 13.2 Å². The van der Waals surface area contributed by atoms with E-state index >= 15 is 0 Å². The van der Waals surface area contributed by atoms with Gasteiger partial charge >= 0.3 is 6.18 Å². The van der Waals surface area contributed by atoms with Gasteiger partial charge in [-0.3, -0.25) is 0 Å². The second-order valence-corrected chi connectivity index (χ2v) is 6.80. The first-order valence-corrected chi connectivity index (χ1v) is 8.37. The Bertz CT molecular complexity index is 720. The van der Waals surface area contributed by atoms with Gasteiger partial charge in [-0.2, -0.15) is 13.2 Å². The Morgan fingerprint density at radius 2 is 1.88 bits per heavy atom. The molecule has 1 atom stereocenters. The molecule has 0 aliphatic rings. The smallest absolute Gasteiger partial charge is 0.419 e. The fourth-order valence-electron chi connectivity index (χ4n) is 2.64. The summed E-state index contributed by atoms with van der Waals surface area (Å²) >= 11 is 5.71. The standard InChI is InChI=1S/C18H20ClF3N2O/c1-11(2)8-12(3)10-25-16-5-4-13(9-14(16)18(20,21)22)15-6-7-23-17(19)24-15/h4-7,9,11-12H,8,10H2,1-3H3/t12-/m1/s1. The van der Waals surface area contributed by atoms with Crippen LogP contribution in [0.15, 0.2) is 30.5 Å². The van der Waals surface area contributed by atoms with Crippen molar-refractivity contribution in [1.82, 2.24) is 9.97 Å². The molecule has 0 saturated carbocycles. The third-order valence-corrected chi connectivity index (χ3v) is 3.79. The molecule has 25 heavy (non-hydrogen) atoms. The monoisotopic (exact) mass is 372 g/mol. The highest BCUT2D eigenvalue weighted by Gasteiger charge is 2.35. The fourth-order valence-corrected chi connectivity index (χ4v) is 2.78. The topological polar surface area (TPSA) is 35.0 Å². The summed E-state index contributed by atoms with van der Waals surface area (Å²) < 4.78 is 45.7. The molecular weight excluding hydrogens is 353 g/mol. The molecule has 0 spiro atoms. The molecule has 2 aromatic rings. The van der Waals surface area contributed by atoms with Gasteiger partial charge in [0, 0.05) is 11.8 Å². The Morgan fingerprint density at radius 1 is 1.16 bits per heavy atom. The second kappa shape index (κ2) is 8.04. The van der Waals surface area contributed by atoms with E-state index in [1.165, 1.54) is 24.4 Å². The first-order valence-electron chi connectivity index (χ1n) is 7.99. The molecule has 0 N–H and O–H groups in total. The van der Waals surface area contributed by atoms with Crippen molar-refractivity contribution in [2.24, 2.45) is 11.8 Å². The maximum Gasteiger partial charge on any atom is 0.419 e. The van der Waals surface area contributed by atoms with Crippen molar-refractivity contribution in [2.45, 2.75) is 33.4 Å². The third kappa shape index (κ3) is 5.59. The predicted octanol–water partition coefficient (Wildman–Crippen LogP) is 5.88. The largest absolute Gasteiger partial charge is 0.493 e. The van der Waals surface area contributed by atoms with Crippen molar-refractivity contribution in [2.75, 3.05) is 6.61 Å². The molecule has 2 rings (SSSR count). The Balaban J connectivity index is 2.29. The molecule has 0 amide bonds. The van der Waals surface area contributed by atoms with Gasteiger partial charge in [0.05, 0.1) is 17.9 Å². The van der Waals surface area contributed by atoms with Crippen molar-refractivity contribution in [3.63, 3.8) is 0 Å². The van der Waals surface area contributed by atoms with Crippen LogP contribution in [0.1, 0.15) is 32.8 Å². The highest BCUT2D eigenvalue weighted by molar-refractivity contribution is 6.28. The van der Waals surface area contributed by atoms with E-state index in [4.69, 9.17) is 16.3 Å². The molecule has 136 valence electrons. The van der Waals surface area contributed by atoms with Gasteiger partial charge in [0.2, 0.25) is 5.28 Å². The molecule has 1 heterocycles. The van der Waals surface area contributed by atoms with Gasteiger partial charge in [0.25, 0.3) is 0 Å². The molecule has 3 nitrogen and oxygen atoms in total. The Labute approximate surface area is 150 Å². The van der Waals surface area contributed by atoms with Gasteiger partial charge < -0.3 is 4.74 Å². The van der Waals surface area contributed by atoms with Crippen LogP contribution in [0, 0.1) is 11.8 Å². The summed E-state index contributed by atoms with van der Waals surface area (Å²) in [5, 5.41) is -0.0195. The van der Waals surface area contributed by atoms with Crippen LogP contribution in [0.25, 0.3) is 11.3 Å². The summed E-state index contributed by atoms with van der Waals surface area (Å²) in [6.07, 6.45) is -2.24. The highest BCUT2D eigenvalue weighted by atomic mass is 35.5. The van der Waals surface area contributed by atoms with Crippen molar-refractivity contribution < 1.29 is 17.9 Å². The quantitative estimate of drug-likeness (QED) is 0.594. The molecule has 7 heteroatoms. The normalized spacial score (nSPS) is 13.1. The minimum atomic E-state index is -4.52. The van der Waals surface area contributed by atoms with E-state index in [1.54, 1.807) is 0 Å². The van der Waals surface area contributed by atoms with Crippen molar-refractivity contribution in [1.29, 1.82) is 0 Å². The maximum atomic E-state index is 13.4. The van der Waals surface area contributed by atoms with Crippen LogP contribution in [0.5, 0.6) is 5.75 Å². The van der Waals surface area contributed by atoms with Crippen molar-refractivity contribution in [3.8, 4) is 17.0 Å². The van der Waals surface area contributed by atoms with Crippen LogP contribution >= 0.6 is 11.6 Å². The summed E-state index contributed by atoms with van der Waals surface area (Å²) in [5.41, 5.74) is -0.194. The number of ether oxygens (including phenoxy) is 1. The molecule has 0 radical (unpaired) electrons. The number of nitrogens with zero attached hydrogens (tertiary/aromatic N) is 2. The predicted molar refractivity (Wildman–Crippen MR) is 91.6 cm³/mol. The lowest BCUT2D eigenvalue weighted by Crippen LogP contribution is -2.14. The molecule has 0 unspecified atom stereocenters. The van der Waals surface area contributed by atoms with E-state index in [1.807, 2.05) is 6.92 Å². The van der Waals surface area contributed by atoms with Crippen LogP contribution in [-0.2, 0) is 6.18 Å². The summed E-state index contributed by atoms with van der Waals surface area (Å²) in [7, 11) is 0. The second-order valence-electron chi connectivity index (χ2n) is 6.47. The summed E-state index contributed by atoms with van der Waals surface area (Å²) in [6, 6.07) is 5.40. The zero-order valence-corrected chi connectivity index (χ0v) is 15.0. The average molecular weight is 373 g/mol. The number of hydrogen-bond acceptors (Lipinski definition) is 3. The molecule has 0 saturated heterocycles. The molecule has 0 bridgehead atoms. The maximum absolute atomic E-state index is 13.4. The SMILES string of the molecule is CC(C)C[C@@H](C)COc1ccc(-c2ccnc(Cl)n2)cc1C(F)(F)F. The van der Waals surface area contributed by atoms with Gasteiger partial charge in [0.15, 0.2) is 0 Å². The van der Waals surface area contributed by atoms with E-state index < -0.39 is 11.7 Å². The van der Waals surface area contributed by atoms with Gasteiger partial charge in [-0.05, 0) is 54.1 Å². The highest BCUT2D eigenvalue weighted by Crippen LogP contribution is 2.38. The van der Waals surface area contributed by atoms with Gasteiger partial charge in [-0.25, -0.2) is 9.97 Å². The summed E-state index contributed by atoms with van der Waals surface area (Å²) in [5.74, 6) is 0.457. The number of hydrogen-bond donors (Lipinski definition) is 0. The van der Waals surface area contributed by atoms with E-state index in [0.29, 0.717) is 17.2 Å². The van der Waals surface area contributed by atoms with E-state index in [2.05, 4.69) is 23.8 Å². The van der Waals surface area contributed by atoms with Crippen LogP contribution in [0.2, 0.25) is 5.28 Å². The Morgan fingerprint density at radius 3 is 2.48 bits per heavy atom. The van der Waals surface area contributed by atoms with E-state index in [-0.39, 0.29) is 23.6 Å². The van der Waals surface area contributed by atoms with Crippen LogP contribution in [0.4, 0.5) is 13.2 Å². The zero-order chi connectivity index (χ0) is 18.6. The van der Waals surface area contributed by atoms with Crippen LogP contribution in [0.3, 0.4) is 0 Å². The van der Waals surface area contributed by atoms with Gasteiger partial charge in [-0.1, -0.05) is 20.8 Å². The molecule has 0 aliphatic carbocycles. The molecular formula is C18H20ClF3N2O. The van der Waals surface area contributed by atoms with Crippen LogP contribution in [-0.4, -0.2) is 16.6 Å². The van der Waals surface area contributed by atoms with E-state index in [0.717, 1.165) is 12.5 Å². The number of benzene rings is 1. The van der Waals surface area contributed by atoms with Gasteiger partial charge in [-0.15, -0.1) is 0 Å². The Hall–Kier alpha value is -1.82. The molecule has 0 aliphatic heterocycles. The van der Waals surface area contributed by atoms with Gasteiger partial charge in [0.1, 0.15) is 5.75 Å². The Kier molecular flexibility index (Phi) is 6.27. The minimum Gasteiger partial charge on any atom is -0.493 e. The van der Waals surface area contributed by atoms with Crippen molar-refractivity contribution in [3.05, 3.63) is 41.3 Å². The van der Waals surface area contributed by atoms with Crippen molar-refractivity contribution >= 4 is 11.6 Å². The first kappa shape index (κ1) is 19.5. The molecule has 1 aromatic carbocycles.